The van der Waals surface area contributed by atoms with E-state index in [9.17, 15) is 0 Å². The summed E-state index contributed by atoms with van der Waals surface area (Å²) in [5, 5.41) is 3.43. The minimum Gasteiger partial charge on any atom is -0.481 e. The fourth-order valence-corrected chi connectivity index (χ4v) is 1.69. The lowest BCUT2D eigenvalue weighted by Crippen LogP contribution is -2.12. The molecule has 1 atom stereocenters. The molecule has 0 aliphatic carbocycles. The van der Waals surface area contributed by atoms with E-state index < -0.39 is 0 Å². The van der Waals surface area contributed by atoms with Gasteiger partial charge in [-0.1, -0.05) is 6.07 Å². The molecule has 0 bridgehead atoms. The van der Waals surface area contributed by atoms with E-state index in [0.717, 1.165) is 6.54 Å². The summed E-state index contributed by atoms with van der Waals surface area (Å²) in [7, 11) is 1.63. The van der Waals surface area contributed by atoms with E-state index in [1.807, 2.05) is 12.3 Å². The number of hydrogen-bond acceptors (Lipinski definition) is 3. The molecule has 1 N–H and O–H groups in total. The van der Waals surface area contributed by atoms with Gasteiger partial charge in [0.15, 0.2) is 0 Å². The van der Waals surface area contributed by atoms with Crippen LogP contribution in [0.3, 0.4) is 0 Å². The third-order valence-electron chi connectivity index (χ3n) is 2.43. The van der Waals surface area contributed by atoms with Crippen LogP contribution in [0.15, 0.2) is 18.3 Å². The molecule has 0 unspecified atom stereocenters. The molecule has 78 valence electrons. The Bertz CT molecular complexity index is 270. The summed E-state index contributed by atoms with van der Waals surface area (Å²) in [6, 6.07) is 4.49. The minimum absolute atomic E-state index is 0. The second-order valence-electron chi connectivity index (χ2n) is 3.28. The van der Waals surface area contributed by atoms with Crippen molar-refractivity contribution in [3.8, 4) is 5.88 Å². The van der Waals surface area contributed by atoms with E-state index in [0.29, 0.717) is 11.9 Å². The van der Waals surface area contributed by atoms with Crippen LogP contribution >= 0.6 is 12.4 Å². The Morgan fingerprint density at radius 2 is 2.36 bits per heavy atom. The monoisotopic (exact) mass is 214 g/mol. The molecule has 0 saturated carbocycles. The zero-order valence-electron chi connectivity index (χ0n) is 8.19. The molecule has 2 rings (SSSR count). The van der Waals surface area contributed by atoms with Crippen LogP contribution in [-0.2, 0) is 0 Å². The van der Waals surface area contributed by atoms with Crippen LogP contribution < -0.4 is 10.1 Å². The molecule has 1 aliphatic rings. The summed E-state index contributed by atoms with van der Waals surface area (Å²) < 4.78 is 5.00. The van der Waals surface area contributed by atoms with Crippen molar-refractivity contribution < 1.29 is 4.74 Å². The third-order valence-corrected chi connectivity index (χ3v) is 2.43. The van der Waals surface area contributed by atoms with Crippen LogP contribution in [0, 0.1) is 0 Å². The zero-order valence-corrected chi connectivity index (χ0v) is 9.01. The Balaban J connectivity index is 0.000000980. The van der Waals surface area contributed by atoms with Crippen molar-refractivity contribution in [3.63, 3.8) is 0 Å². The highest BCUT2D eigenvalue weighted by Gasteiger charge is 2.15. The third kappa shape index (κ3) is 2.36. The van der Waals surface area contributed by atoms with Gasteiger partial charge in [0.25, 0.3) is 0 Å². The van der Waals surface area contributed by atoms with Crippen LogP contribution in [0.5, 0.6) is 5.88 Å². The number of hydrogen-bond donors (Lipinski definition) is 1. The highest BCUT2D eigenvalue weighted by Crippen LogP contribution is 2.22. The SMILES string of the molecule is COc1ccc([C@H]2CCCN2)cn1.Cl. The summed E-state index contributed by atoms with van der Waals surface area (Å²) in [5.41, 5.74) is 1.26. The predicted molar refractivity (Wildman–Crippen MR) is 58.0 cm³/mol. The molecular weight excluding hydrogens is 200 g/mol. The highest BCUT2D eigenvalue weighted by molar-refractivity contribution is 5.85. The maximum absolute atomic E-state index is 5.00. The predicted octanol–water partition coefficient (Wildman–Crippen LogP) is 1.94. The van der Waals surface area contributed by atoms with E-state index in [2.05, 4.69) is 16.4 Å². The van der Waals surface area contributed by atoms with Crippen LogP contribution in [0.25, 0.3) is 0 Å². The van der Waals surface area contributed by atoms with Gasteiger partial charge in [0, 0.05) is 18.3 Å². The van der Waals surface area contributed by atoms with Crippen molar-refractivity contribution in [2.45, 2.75) is 18.9 Å². The molecule has 3 nitrogen and oxygen atoms in total. The van der Waals surface area contributed by atoms with Crippen LogP contribution in [-0.4, -0.2) is 18.6 Å². The van der Waals surface area contributed by atoms with Gasteiger partial charge in [0.05, 0.1) is 7.11 Å². The van der Waals surface area contributed by atoms with E-state index in [1.165, 1.54) is 18.4 Å². The van der Waals surface area contributed by atoms with Crippen LogP contribution in [0.1, 0.15) is 24.4 Å². The largest absolute Gasteiger partial charge is 0.481 e. The Kier molecular flexibility index (Phi) is 4.17. The van der Waals surface area contributed by atoms with Gasteiger partial charge in [0.2, 0.25) is 5.88 Å². The summed E-state index contributed by atoms with van der Waals surface area (Å²) in [5.74, 6) is 0.682. The van der Waals surface area contributed by atoms with Crippen LogP contribution in [0.2, 0.25) is 0 Å². The molecular formula is C10H15ClN2O. The number of pyridine rings is 1. The molecule has 0 amide bonds. The summed E-state index contributed by atoms with van der Waals surface area (Å²) in [6.07, 6.45) is 4.37. The van der Waals surface area contributed by atoms with Gasteiger partial charge in [-0.25, -0.2) is 4.98 Å². The van der Waals surface area contributed by atoms with Crippen molar-refractivity contribution in [2.75, 3.05) is 13.7 Å². The van der Waals surface area contributed by atoms with Gasteiger partial charge >= 0.3 is 0 Å². The second kappa shape index (κ2) is 5.17. The van der Waals surface area contributed by atoms with Gasteiger partial charge < -0.3 is 10.1 Å². The topological polar surface area (TPSA) is 34.1 Å². The number of rotatable bonds is 2. The average molecular weight is 215 g/mol. The maximum atomic E-state index is 5.00. The van der Waals surface area contributed by atoms with Crippen LogP contribution in [0.4, 0.5) is 0 Å². The van der Waals surface area contributed by atoms with E-state index in [4.69, 9.17) is 4.74 Å². The molecule has 1 aliphatic heterocycles. The molecule has 2 heterocycles. The molecule has 0 spiro atoms. The van der Waals surface area contributed by atoms with Crippen molar-refractivity contribution >= 4 is 12.4 Å². The molecule has 1 aromatic rings. The first-order valence-electron chi connectivity index (χ1n) is 4.63. The van der Waals surface area contributed by atoms with Gasteiger partial charge in [-0.3, -0.25) is 0 Å². The van der Waals surface area contributed by atoms with E-state index >= 15 is 0 Å². The van der Waals surface area contributed by atoms with Crippen molar-refractivity contribution in [2.24, 2.45) is 0 Å². The zero-order chi connectivity index (χ0) is 9.10. The molecule has 0 radical (unpaired) electrons. The minimum atomic E-state index is 0. The Labute approximate surface area is 90.3 Å². The summed E-state index contributed by atoms with van der Waals surface area (Å²) >= 11 is 0. The fraction of sp³-hybridized carbons (Fsp3) is 0.500. The molecule has 1 fully saturated rings. The molecule has 4 heteroatoms. The first-order valence-corrected chi connectivity index (χ1v) is 4.63. The number of nitrogens with zero attached hydrogens (tertiary/aromatic N) is 1. The lowest BCUT2D eigenvalue weighted by atomic mass is 10.1. The van der Waals surface area contributed by atoms with Gasteiger partial charge in [-0.15, -0.1) is 12.4 Å². The van der Waals surface area contributed by atoms with Crippen molar-refractivity contribution in [3.05, 3.63) is 23.9 Å². The Morgan fingerprint density at radius 3 is 2.86 bits per heavy atom. The number of ether oxygens (including phenoxy) is 1. The fourth-order valence-electron chi connectivity index (χ4n) is 1.69. The lowest BCUT2D eigenvalue weighted by molar-refractivity contribution is 0.397. The lowest BCUT2D eigenvalue weighted by Gasteiger charge is -2.09. The average Bonchev–Trinajstić information content (AvgIpc) is 2.71. The quantitative estimate of drug-likeness (QED) is 0.817. The van der Waals surface area contributed by atoms with Crippen molar-refractivity contribution in [1.82, 2.24) is 10.3 Å². The number of halogens is 1. The summed E-state index contributed by atoms with van der Waals surface area (Å²) in [6.45, 7) is 1.12. The van der Waals surface area contributed by atoms with Gasteiger partial charge in [-0.05, 0) is 24.9 Å². The normalized spacial score (nSPS) is 20.2. The molecule has 0 aromatic carbocycles. The number of nitrogens with one attached hydrogen (secondary N) is 1. The highest BCUT2D eigenvalue weighted by atomic mass is 35.5. The number of methoxy groups -OCH3 is 1. The van der Waals surface area contributed by atoms with E-state index in [1.54, 1.807) is 7.11 Å². The standard InChI is InChI=1S/C10H14N2O.ClH/c1-13-10-5-4-8(7-12-10)9-3-2-6-11-9;/h4-5,7,9,11H,2-3,6H2,1H3;1H/t9-;/m1./s1. The Hall–Kier alpha value is -0.800. The van der Waals surface area contributed by atoms with E-state index in [-0.39, 0.29) is 12.4 Å². The van der Waals surface area contributed by atoms with Gasteiger partial charge in [-0.2, -0.15) is 0 Å². The van der Waals surface area contributed by atoms with Gasteiger partial charge in [0.1, 0.15) is 0 Å². The first-order chi connectivity index (χ1) is 6.40. The van der Waals surface area contributed by atoms with Crippen molar-refractivity contribution in [1.29, 1.82) is 0 Å². The molecule has 1 aromatic heterocycles. The number of aromatic nitrogens is 1. The smallest absolute Gasteiger partial charge is 0.212 e. The maximum Gasteiger partial charge on any atom is 0.212 e. The Morgan fingerprint density at radius 1 is 1.50 bits per heavy atom. The summed E-state index contributed by atoms with van der Waals surface area (Å²) in [4.78, 5) is 4.18. The molecule has 1 saturated heterocycles. The second-order valence-corrected chi connectivity index (χ2v) is 3.28. The first kappa shape index (κ1) is 11.3. The molecule has 14 heavy (non-hydrogen) atoms.